The summed E-state index contributed by atoms with van der Waals surface area (Å²) in [5, 5.41) is 0.199. The molecule has 0 aliphatic carbocycles. The third-order valence-electron chi connectivity index (χ3n) is 1.31. The van der Waals surface area contributed by atoms with Crippen LogP contribution in [0.3, 0.4) is 0 Å². The van der Waals surface area contributed by atoms with Crippen LogP contribution >= 0.6 is 23.2 Å². The van der Waals surface area contributed by atoms with Crippen molar-refractivity contribution in [2.24, 2.45) is 4.99 Å². The molecule has 6 heteroatoms. The van der Waals surface area contributed by atoms with Crippen LogP contribution in [0.2, 0.25) is 0 Å². The van der Waals surface area contributed by atoms with Gasteiger partial charge in [-0.05, 0) is 6.92 Å². The number of amides is 1. The highest BCUT2D eigenvalue weighted by molar-refractivity contribution is 6.32. The molecule has 13 heavy (non-hydrogen) atoms. The Balaban J connectivity index is 2.68. The topological polar surface area (TPSA) is 41.9 Å². The van der Waals surface area contributed by atoms with Crippen LogP contribution in [0, 0.1) is 0 Å². The molecule has 0 saturated carbocycles. The van der Waals surface area contributed by atoms with Crippen molar-refractivity contribution in [1.82, 2.24) is 4.90 Å². The van der Waals surface area contributed by atoms with Gasteiger partial charge in [-0.25, -0.2) is 9.79 Å². The van der Waals surface area contributed by atoms with Crippen molar-refractivity contribution in [2.45, 2.75) is 12.4 Å². The minimum atomic E-state index is -0.637. The van der Waals surface area contributed by atoms with Crippen LogP contribution in [0.25, 0.3) is 0 Å². The van der Waals surface area contributed by atoms with E-state index in [2.05, 4.69) is 4.99 Å². The monoisotopic (exact) mass is 222 g/mol. The first-order chi connectivity index (χ1) is 6.15. The van der Waals surface area contributed by atoms with Gasteiger partial charge in [0, 0.05) is 12.4 Å². The van der Waals surface area contributed by atoms with E-state index in [9.17, 15) is 4.79 Å². The number of carbonyl (C=O) groups excluding carboxylic acids is 1. The number of aliphatic imine (C=N–C) groups is 1. The molecule has 1 aliphatic heterocycles. The van der Waals surface area contributed by atoms with Gasteiger partial charge in [-0.3, -0.25) is 4.90 Å². The zero-order valence-electron chi connectivity index (χ0n) is 6.91. The van der Waals surface area contributed by atoms with Crippen LogP contribution in [0.1, 0.15) is 6.92 Å². The van der Waals surface area contributed by atoms with E-state index in [-0.39, 0.29) is 5.16 Å². The van der Waals surface area contributed by atoms with E-state index < -0.39 is 11.6 Å². The average Bonchev–Trinajstić information content (AvgIpc) is 2.09. The lowest BCUT2D eigenvalue weighted by molar-refractivity contribution is 0.123. The summed E-state index contributed by atoms with van der Waals surface area (Å²) in [4.78, 5) is 16.1. The molecule has 0 bridgehead atoms. The Hall–Kier alpha value is -0.740. The third kappa shape index (κ3) is 2.60. The summed E-state index contributed by atoms with van der Waals surface area (Å²) in [6, 6.07) is 0. The van der Waals surface area contributed by atoms with Gasteiger partial charge in [0.05, 0.1) is 6.61 Å². The van der Waals surface area contributed by atoms with Crippen LogP contribution in [0.5, 0.6) is 0 Å². The fourth-order valence-electron chi connectivity index (χ4n) is 0.775. The number of alkyl halides is 1. The van der Waals surface area contributed by atoms with Crippen LogP contribution < -0.4 is 0 Å². The predicted molar refractivity (Wildman–Crippen MR) is 50.9 cm³/mol. The largest absolute Gasteiger partial charge is 0.449 e. The molecule has 0 fully saturated rings. The summed E-state index contributed by atoms with van der Waals surface area (Å²) in [5.74, 6) is 0. The highest BCUT2D eigenvalue weighted by Gasteiger charge is 2.22. The molecule has 0 N–H and O–H groups in total. The van der Waals surface area contributed by atoms with Crippen molar-refractivity contribution in [3.63, 3.8) is 0 Å². The van der Waals surface area contributed by atoms with Gasteiger partial charge in [-0.1, -0.05) is 23.2 Å². The number of rotatable bonds is 1. The Morgan fingerprint density at radius 2 is 2.54 bits per heavy atom. The second-order valence-corrected chi connectivity index (χ2v) is 3.04. The highest BCUT2D eigenvalue weighted by Crippen LogP contribution is 2.16. The third-order valence-corrected chi connectivity index (χ3v) is 1.83. The Bertz CT molecular complexity index is 265. The van der Waals surface area contributed by atoms with E-state index in [1.54, 1.807) is 6.92 Å². The first-order valence-electron chi connectivity index (χ1n) is 3.66. The molecule has 0 spiro atoms. The zero-order chi connectivity index (χ0) is 9.84. The summed E-state index contributed by atoms with van der Waals surface area (Å²) >= 11 is 11.3. The number of nitrogens with zero attached hydrogens (tertiary/aromatic N) is 2. The Labute approximate surface area is 85.8 Å². The molecule has 1 amide bonds. The maximum absolute atomic E-state index is 11.2. The summed E-state index contributed by atoms with van der Waals surface area (Å²) in [7, 11) is 0. The molecule has 0 saturated heterocycles. The van der Waals surface area contributed by atoms with Gasteiger partial charge in [0.15, 0.2) is 0 Å². The van der Waals surface area contributed by atoms with E-state index in [4.69, 9.17) is 27.9 Å². The fraction of sp³-hybridized carbons (Fsp3) is 0.429. The van der Waals surface area contributed by atoms with Gasteiger partial charge in [0.2, 0.25) is 0 Å². The van der Waals surface area contributed by atoms with Gasteiger partial charge < -0.3 is 4.74 Å². The van der Waals surface area contributed by atoms with Crippen molar-refractivity contribution in [3.8, 4) is 0 Å². The van der Waals surface area contributed by atoms with E-state index >= 15 is 0 Å². The van der Waals surface area contributed by atoms with E-state index in [0.717, 1.165) is 0 Å². The minimum Gasteiger partial charge on any atom is -0.449 e. The first kappa shape index (κ1) is 10.3. The minimum absolute atomic E-state index is 0.199. The van der Waals surface area contributed by atoms with Crippen molar-refractivity contribution in [2.75, 3.05) is 6.61 Å². The lowest BCUT2D eigenvalue weighted by Crippen LogP contribution is -2.35. The highest BCUT2D eigenvalue weighted by atomic mass is 35.5. The number of hydrogen-bond acceptors (Lipinski definition) is 3. The molecule has 1 rings (SSSR count). The van der Waals surface area contributed by atoms with Crippen molar-refractivity contribution in [1.29, 1.82) is 0 Å². The van der Waals surface area contributed by atoms with Gasteiger partial charge in [0.1, 0.15) is 10.7 Å². The van der Waals surface area contributed by atoms with Crippen LogP contribution in [-0.2, 0) is 4.74 Å². The maximum Gasteiger partial charge on any atom is 0.415 e. The zero-order valence-corrected chi connectivity index (χ0v) is 8.42. The van der Waals surface area contributed by atoms with Gasteiger partial charge in [-0.2, -0.15) is 0 Å². The van der Waals surface area contributed by atoms with Crippen LogP contribution in [0.4, 0.5) is 4.79 Å². The lowest BCUT2D eigenvalue weighted by atomic mass is 10.5. The standard InChI is InChI=1S/C7H8Cl2N2O2/c1-2-13-7(12)11-4-5(8)10-3-6(11)9/h3-4,6H,2H2,1H3. The molecular formula is C7H8Cl2N2O2. The summed E-state index contributed by atoms with van der Waals surface area (Å²) in [6.07, 6.45) is 2.16. The van der Waals surface area contributed by atoms with Crippen molar-refractivity contribution >= 4 is 35.5 Å². The fourth-order valence-corrected chi connectivity index (χ4v) is 1.13. The molecule has 1 aliphatic rings. The lowest BCUT2D eigenvalue weighted by Gasteiger charge is -2.22. The molecule has 1 heterocycles. The average molecular weight is 223 g/mol. The summed E-state index contributed by atoms with van der Waals surface area (Å²) < 4.78 is 4.74. The summed E-state index contributed by atoms with van der Waals surface area (Å²) in [5.41, 5.74) is -0.637. The molecule has 0 aromatic rings. The van der Waals surface area contributed by atoms with Gasteiger partial charge in [0.25, 0.3) is 0 Å². The van der Waals surface area contributed by atoms with Crippen LogP contribution in [0.15, 0.2) is 16.3 Å². The number of ether oxygens (including phenoxy) is 1. The van der Waals surface area contributed by atoms with Crippen molar-refractivity contribution in [3.05, 3.63) is 11.4 Å². The van der Waals surface area contributed by atoms with Crippen LogP contribution in [-0.4, -0.2) is 29.3 Å². The first-order valence-corrected chi connectivity index (χ1v) is 4.47. The molecule has 0 aromatic carbocycles. The van der Waals surface area contributed by atoms with E-state index in [1.165, 1.54) is 17.3 Å². The molecule has 1 atom stereocenters. The molecular weight excluding hydrogens is 215 g/mol. The SMILES string of the molecule is CCOC(=O)N1C=C(Cl)N=CC1Cl. The Kier molecular flexibility index (Phi) is 3.57. The number of hydrogen-bond donors (Lipinski definition) is 0. The molecule has 72 valence electrons. The molecule has 0 aromatic heterocycles. The molecule has 4 nitrogen and oxygen atoms in total. The maximum atomic E-state index is 11.2. The Morgan fingerprint density at radius 3 is 3.15 bits per heavy atom. The molecule has 1 unspecified atom stereocenters. The van der Waals surface area contributed by atoms with Gasteiger partial charge in [-0.15, -0.1) is 0 Å². The second-order valence-electron chi connectivity index (χ2n) is 2.21. The quantitative estimate of drug-likeness (QED) is 0.504. The number of carbonyl (C=O) groups is 1. The summed E-state index contributed by atoms with van der Waals surface area (Å²) in [6.45, 7) is 2.01. The number of halogens is 2. The van der Waals surface area contributed by atoms with Gasteiger partial charge >= 0.3 is 6.09 Å². The predicted octanol–water partition coefficient (Wildman–Crippen LogP) is 2.13. The second kappa shape index (κ2) is 4.48. The molecule has 0 radical (unpaired) electrons. The normalized spacial score (nSPS) is 21.3. The van der Waals surface area contributed by atoms with Crippen molar-refractivity contribution < 1.29 is 9.53 Å². The smallest absolute Gasteiger partial charge is 0.415 e. The Morgan fingerprint density at radius 1 is 1.85 bits per heavy atom. The van der Waals surface area contributed by atoms with E-state index in [0.29, 0.717) is 6.61 Å². The van der Waals surface area contributed by atoms with E-state index in [1.807, 2.05) is 0 Å².